The van der Waals surface area contributed by atoms with Crippen molar-refractivity contribution in [1.29, 1.82) is 0 Å². The quantitative estimate of drug-likeness (QED) is 0.704. The predicted molar refractivity (Wildman–Crippen MR) is 54.6 cm³/mol. The lowest BCUT2D eigenvalue weighted by Crippen LogP contribution is -2.38. The molecule has 2 saturated heterocycles. The molecule has 0 spiro atoms. The first-order valence-corrected chi connectivity index (χ1v) is 5.87. The Morgan fingerprint density at radius 3 is 2.80 bits per heavy atom. The highest BCUT2D eigenvalue weighted by molar-refractivity contribution is 4.84. The van der Waals surface area contributed by atoms with Crippen LogP contribution in [-0.2, 0) is 9.47 Å². The summed E-state index contributed by atoms with van der Waals surface area (Å²) in [7, 11) is 0. The molecule has 15 heavy (non-hydrogen) atoms. The van der Waals surface area contributed by atoms with E-state index in [0.29, 0.717) is 12.8 Å². The summed E-state index contributed by atoms with van der Waals surface area (Å²) in [4.78, 5) is 0. The average molecular weight is 216 g/mol. The van der Waals surface area contributed by atoms with Crippen molar-refractivity contribution in [2.45, 2.75) is 56.5 Å². The Hall–Kier alpha value is -0.160. The summed E-state index contributed by atoms with van der Waals surface area (Å²) in [6.07, 6.45) is 3.74. The number of ether oxygens (including phenoxy) is 2. The van der Waals surface area contributed by atoms with Gasteiger partial charge < -0.3 is 19.7 Å². The molecule has 0 amide bonds. The van der Waals surface area contributed by atoms with Crippen molar-refractivity contribution in [3.05, 3.63) is 0 Å². The minimum atomic E-state index is -0.452. The number of fused-ring (bicyclic) bond motifs is 1. The third-order valence-corrected chi connectivity index (χ3v) is 3.32. The lowest BCUT2D eigenvalue weighted by Gasteiger charge is -2.31. The number of rotatable bonds is 2. The lowest BCUT2D eigenvalue weighted by molar-refractivity contribution is -0.137. The molecule has 0 bridgehead atoms. The van der Waals surface area contributed by atoms with Crippen molar-refractivity contribution >= 4 is 0 Å². The molecule has 2 rings (SSSR count). The molecule has 2 heterocycles. The van der Waals surface area contributed by atoms with E-state index in [9.17, 15) is 5.11 Å². The van der Waals surface area contributed by atoms with Gasteiger partial charge in [0, 0.05) is 13.2 Å². The maximum absolute atomic E-state index is 9.84. The van der Waals surface area contributed by atoms with Crippen molar-refractivity contribution in [3.63, 3.8) is 0 Å². The molecule has 2 aliphatic rings. The summed E-state index contributed by atoms with van der Waals surface area (Å²) in [5, 5.41) is 18.7. The molecule has 0 radical (unpaired) electrons. The number of aliphatic hydroxyl groups is 2. The highest BCUT2D eigenvalue weighted by Gasteiger charge is 2.35. The molecule has 0 aromatic heterocycles. The van der Waals surface area contributed by atoms with Gasteiger partial charge in [-0.15, -0.1) is 0 Å². The zero-order valence-electron chi connectivity index (χ0n) is 8.97. The van der Waals surface area contributed by atoms with Gasteiger partial charge >= 0.3 is 0 Å². The van der Waals surface area contributed by atoms with Gasteiger partial charge in [0.1, 0.15) is 0 Å². The smallest absolute Gasteiger partial charge is 0.0860 e. The third kappa shape index (κ3) is 2.69. The maximum Gasteiger partial charge on any atom is 0.0860 e. The summed E-state index contributed by atoms with van der Waals surface area (Å²) in [5.74, 6) is 0. The SMILES string of the molecule is OCC[C@@H]1O[C@H]2CCCO[C@@H]2CC[C@H]1O. The van der Waals surface area contributed by atoms with Gasteiger partial charge in [0.05, 0.1) is 24.4 Å². The Bertz CT molecular complexity index is 195. The standard InChI is InChI=1S/C11H20O4/c12-6-5-9-8(13)3-4-10-11(15-9)2-1-7-14-10/h8-13H,1-7H2/t8-,9+,10-,11+/m1/s1. The average Bonchev–Trinajstić information content (AvgIpc) is 2.41. The molecule has 4 heteroatoms. The fourth-order valence-electron chi connectivity index (χ4n) is 2.46. The largest absolute Gasteiger partial charge is 0.396 e. The van der Waals surface area contributed by atoms with E-state index in [-0.39, 0.29) is 24.9 Å². The van der Waals surface area contributed by atoms with E-state index in [1.807, 2.05) is 0 Å². The Morgan fingerprint density at radius 1 is 1.13 bits per heavy atom. The fraction of sp³-hybridized carbons (Fsp3) is 1.00. The van der Waals surface area contributed by atoms with E-state index in [0.717, 1.165) is 25.9 Å². The molecule has 0 unspecified atom stereocenters. The predicted octanol–water partition coefficient (Wildman–Crippen LogP) is 0.456. The normalized spacial score (nSPS) is 42.0. The summed E-state index contributed by atoms with van der Waals surface area (Å²) in [5.41, 5.74) is 0. The second kappa shape index (κ2) is 5.25. The minimum Gasteiger partial charge on any atom is -0.396 e. The first kappa shape index (κ1) is 11.3. The second-order valence-electron chi connectivity index (χ2n) is 4.42. The number of hydrogen-bond donors (Lipinski definition) is 2. The van der Waals surface area contributed by atoms with Gasteiger partial charge in [-0.3, -0.25) is 0 Å². The van der Waals surface area contributed by atoms with Crippen LogP contribution in [0.1, 0.15) is 32.1 Å². The Kier molecular flexibility index (Phi) is 3.97. The van der Waals surface area contributed by atoms with Gasteiger partial charge in [-0.1, -0.05) is 0 Å². The monoisotopic (exact) mass is 216 g/mol. The molecular weight excluding hydrogens is 196 g/mol. The zero-order valence-corrected chi connectivity index (χ0v) is 8.97. The summed E-state index contributed by atoms with van der Waals surface area (Å²) >= 11 is 0. The minimum absolute atomic E-state index is 0.0694. The van der Waals surface area contributed by atoms with Crippen molar-refractivity contribution in [3.8, 4) is 0 Å². The van der Waals surface area contributed by atoms with Gasteiger partial charge in [-0.2, -0.15) is 0 Å². The van der Waals surface area contributed by atoms with E-state index < -0.39 is 6.10 Å². The van der Waals surface area contributed by atoms with Crippen molar-refractivity contribution in [2.75, 3.05) is 13.2 Å². The van der Waals surface area contributed by atoms with Gasteiger partial charge in [0.15, 0.2) is 0 Å². The van der Waals surface area contributed by atoms with Crippen LogP contribution in [0.25, 0.3) is 0 Å². The van der Waals surface area contributed by atoms with Crippen LogP contribution in [-0.4, -0.2) is 47.8 Å². The van der Waals surface area contributed by atoms with Crippen LogP contribution in [0.2, 0.25) is 0 Å². The van der Waals surface area contributed by atoms with E-state index in [1.54, 1.807) is 0 Å². The molecule has 4 nitrogen and oxygen atoms in total. The van der Waals surface area contributed by atoms with Crippen LogP contribution in [0.4, 0.5) is 0 Å². The highest BCUT2D eigenvalue weighted by Crippen LogP contribution is 2.28. The highest BCUT2D eigenvalue weighted by atomic mass is 16.6. The molecule has 88 valence electrons. The number of hydrogen-bond acceptors (Lipinski definition) is 4. The third-order valence-electron chi connectivity index (χ3n) is 3.32. The Balaban J connectivity index is 1.97. The Morgan fingerprint density at radius 2 is 2.00 bits per heavy atom. The van der Waals surface area contributed by atoms with E-state index in [1.165, 1.54) is 0 Å². The molecule has 2 aliphatic heterocycles. The molecule has 2 N–H and O–H groups in total. The summed E-state index contributed by atoms with van der Waals surface area (Å²) < 4.78 is 11.5. The molecule has 0 aliphatic carbocycles. The van der Waals surface area contributed by atoms with Crippen molar-refractivity contribution in [2.24, 2.45) is 0 Å². The lowest BCUT2D eigenvalue weighted by atomic mass is 10.0. The molecule has 0 aromatic carbocycles. The van der Waals surface area contributed by atoms with E-state index in [2.05, 4.69) is 0 Å². The zero-order chi connectivity index (χ0) is 10.7. The number of aliphatic hydroxyl groups excluding tert-OH is 2. The first-order chi connectivity index (χ1) is 7.31. The molecular formula is C11H20O4. The maximum atomic E-state index is 9.84. The Labute approximate surface area is 90.2 Å². The van der Waals surface area contributed by atoms with Gasteiger partial charge in [0.2, 0.25) is 0 Å². The fourth-order valence-corrected chi connectivity index (χ4v) is 2.46. The van der Waals surface area contributed by atoms with Gasteiger partial charge in [-0.25, -0.2) is 0 Å². The van der Waals surface area contributed by atoms with E-state index >= 15 is 0 Å². The van der Waals surface area contributed by atoms with E-state index in [4.69, 9.17) is 14.6 Å². The van der Waals surface area contributed by atoms with Crippen molar-refractivity contribution in [1.82, 2.24) is 0 Å². The van der Waals surface area contributed by atoms with Crippen LogP contribution in [0.3, 0.4) is 0 Å². The van der Waals surface area contributed by atoms with Crippen LogP contribution in [0.15, 0.2) is 0 Å². The van der Waals surface area contributed by atoms with Crippen LogP contribution in [0, 0.1) is 0 Å². The summed E-state index contributed by atoms with van der Waals surface area (Å²) in [6.45, 7) is 0.880. The van der Waals surface area contributed by atoms with Gasteiger partial charge in [0.25, 0.3) is 0 Å². The van der Waals surface area contributed by atoms with Crippen LogP contribution < -0.4 is 0 Å². The molecule has 0 saturated carbocycles. The topological polar surface area (TPSA) is 58.9 Å². The van der Waals surface area contributed by atoms with Gasteiger partial charge in [-0.05, 0) is 32.1 Å². The van der Waals surface area contributed by atoms with Crippen LogP contribution >= 0.6 is 0 Å². The first-order valence-electron chi connectivity index (χ1n) is 5.87. The molecule has 4 atom stereocenters. The van der Waals surface area contributed by atoms with Crippen molar-refractivity contribution < 1.29 is 19.7 Å². The second-order valence-corrected chi connectivity index (χ2v) is 4.42. The van der Waals surface area contributed by atoms with Crippen LogP contribution in [0.5, 0.6) is 0 Å². The molecule has 2 fully saturated rings. The summed E-state index contributed by atoms with van der Waals surface area (Å²) in [6, 6.07) is 0. The molecule has 0 aromatic rings.